The van der Waals surface area contributed by atoms with E-state index in [0.717, 1.165) is 49.2 Å². The van der Waals surface area contributed by atoms with Crippen LogP contribution in [0, 0.1) is 0 Å². The monoisotopic (exact) mass is 521 g/mol. The van der Waals surface area contributed by atoms with Crippen LogP contribution < -0.4 is 11.1 Å². The predicted molar refractivity (Wildman–Crippen MR) is 140 cm³/mol. The van der Waals surface area contributed by atoms with E-state index in [1.165, 1.54) is 11.3 Å². The van der Waals surface area contributed by atoms with Crippen molar-refractivity contribution in [1.82, 2.24) is 34.9 Å². The number of anilines is 2. The molecule has 4 heterocycles. The lowest BCUT2D eigenvalue weighted by molar-refractivity contribution is -0.133. The summed E-state index contributed by atoms with van der Waals surface area (Å²) in [5, 5.41) is 12.7. The first-order chi connectivity index (χ1) is 17.6. The Morgan fingerprint density at radius 3 is 2.73 bits per heavy atom. The van der Waals surface area contributed by atoms with Crippen LogP contribution in [0.15, 0.2) is 11.6 Å². The molecule has 2 fully saturated rings. The van der Waals surface area contributed by atoms with Gasteiger partial charge in [-0.15, -0.1) is 11.3 Å². The Morgan fingerprint density at radius 1 is 1.24 bits per heavy atom. The number of likely N-dealkylation sites (tertiary alicyclic amines) is 1. The van der Waals surface area contributed by atoms with E-state index in [1.54, 1.807) is 6.20 Å². The van der Waals surface area contributed by atoms with E-state index in [4.69, 9.17) is 10.7 Å². The van der Waals surface area contributed by atoms with E-state index in [2.05, 4.69) is 58.3 Å². The minimum absolute atomic E-state index is 0.157. The Morgan fingerprint density at radius 2 is 2.03 bits per heavy atom. The average molecular weight is 522 g/mol. The fourth-order valence-corrected chi connectivity index (χ4v) is 6.53. The van der Waals surface area contributed by atoms with Gasteiger partial charge in [0.25, 0.3) is 5.91 Å². The summed E-state index contributed by atoms with van der Waals surface area (Å²) in [7, 11) is 4.11. The van der Waals surface area contributed by atoms with Crippen molar-refractivity contribution >= 4 is 34.2 Å². The molecule has 11 nitrogen and oxygen atoms in total. The van der Waals surface area contributed by atoms with Gasteiger partial charge in [0, 0.05) is 36.3 Å². The number of nitrogens with zero attached hydrogens (tertiary/aromatic N) is 6. The molecule has 3 aliphatic rings. The molecule has 1 aliphatic heterocycles. The molecule has 1 atom stereocenters. The molecule has 1 saturated carbocycles. The SMILES string of the molecule is CN(C)[C@@H]1CCN(C(=O)C2(c3csc(NC(=O)c4[nH]nc5c4C(C)(C)Cc4cnc(N)nc4-5)n3)CC2)C1. The number of likely N-dealkylation sites (N-methyl/N-ethyl adjacent to an activating group) is 1. The minimum atomic E-state index is -0.556. The summed E-state index contributed by atoms with van der Waals surface area (Å²) >= 11 is 1.34. The van der Waals surface area contributed by atoms with Gasteiger partial charge in [-0.3, -0.25) is 20.0 Å². The van der Waals surface area contributed by atoms with Gasteiger partial charge >= 0.3 is 0 Å². The number of fused-ring (bicyclic) bond motifs is 3. The molecule has 37 heavy (non-hydrogen) atoms. The molecule has 0 radical (unpaired) electrons. The van der Waals surface area contributed by atoms with Crippen molar-refractivity contribution in [2.45, 2.75) is 56.4 Å². The molecule has 6 rings (SSSR count). The molecule has 0 unspecified atom stereocenters. The fraction of sp³-hybridized carbons (Fsp3) is 0.520. The highest BCUT2D eigenvalue weighted by Gasteiger charge is 2.55. The zero-order chi connectivity index (χ0) is 26.1. The maximum absolute atomic E-state index is 13.4. The molecular formula is C25H31N9O2S. The van der Waals surface area contributed by atoms with Gasteiger partial charge in [-0.2, -0.15) is 5.10 Å². The quantitative estimate of drug-likeness (QED) is 0.463. The molecular weight excluding hydrogens is 490 g/mol. The van der Waals surface area contributed by atoms with Crippen LogP contribution in [0.25, 0.3) is 11.4 Å². The van der Waals surface area contributed by atoms with E-state index in [9.17, 15) is 9.59 Å². The second-order valence-corrected chi connectivity index (χ2v) is 12.1. The number of nitrogens with two attached hydrogens (primary N) is 1. The maximum Gasteiger partial charge on any atom is 0.275 e. The molecule has 2 amide bonds. The molecule has 3 aromatic heterocycles. The van der Waals surface area contributed by atoms with Gasteiger partial charge in [0.1, 0.15) is 11.4 Å². The highest BCUT2D eigenvalue weighted by Crippen LogP contribution is 2.50. The molecule has 194 valence electrons. The standard InChI is InChI=1S/C25H31N9O2S/c1-24(2)9-13-10-27-22(26)29-17(13)18-16(24)19(32-31-18)20(35)30-23-28-15(12-37-23)25(6-7-25)21(36)34-8-5-14(11-34)33(3)4/h10,12,14H,5-9,11H2,1-4H3,(H,31,32)(H2,26,27,29)(H,28,30,35)/t14-/m1/s1. The summed E-state index contributed by atoms with van der Waals surface area (Å²) in [5.74, 6) is 0.00512. The molecule has 12 heteroatoms. The van der Waals surface area contributed by atoms with E-state index >= 15 is 0 Å². The normalized spacial score (nSPS) is 21.0. The van der Waals surface area contributed by atoms with Crippen LogP contribution in [0.2, 0.25) is 0 Å². The summed E-state index contributed by atoms with van der Waals surface area (Å²) in [6, 6.07) is 0.393. The number of hydrogen-bond acceptors (Lipinski definition) is 9. The summed E-state index contributed by atoms with van der Waals surface area (Å²) in [4.78, 5) is 44.2. The summed E-state index contributed by atoms with van der Waals surface area (Å²) in [5.41, 5.74) is 9.05. The predicted octanol–water partition coefficient (Wildman–Crippen LogP) is 2.19. The Balaban J connectivity index is 1.22. The van der Waals surface area contributed by atoms with Crippen LogP contribution >= 0.6 is 11.3 Å². The van der Waals surface area contributed by atoms with Crippen LogP contribution in [0.5, 0.6) is 0 Å². The van der Waals surface area contributed by atoms with Crippen LogP contribution in [0.1, 0.15) is 60.4 Å². The topological polar surface area (TPSA) is 146 Å². The highest BCUT2D eigenvalue weighted by molar-refractivity contribution is 7.14. The Kier molecular flexibility index (Phi) is 5.39. The Labute approximate surface area is 218 Å². The molecule has 2 aliphatic carbocycles. The summed E-state index contributed by atoms with van der Waals surface area (Å²) in [6.07, 6.45) is 4.96. The van der Waals surface area contributed by atoms with Crippen LogP contribution in [-0.2, 0) is 22.0 Å². The van der Waals surface area contributed by atoms with Crippen LogP contribution in [0.3, 0.4) is 0 Å². The molecule has 0 bridgehead atoms. The minimum Gasteiger partial charge on any atom is -0.368 e. The second kappa shape index (κ2) is 8.32. The third-order valence-corrected chi connectivity index (χ3v) is 8.72. The van der Waals surface area contributed by atoms with Gasteiger partial charge in [-0.05, 0) is 50.8 Å². The number of H-pyrrole nitrogens is 1. The zero-order valence-electron chi connectivity index (χ0n) is 21.5. The number of amides is 2. The first-order valence-electron chi connectivity index (χ1n) is 12.5. The number of carbonyl (C=O) groups is 2. The van der Waals surface area contributed by atoms with Crippen molar-refractivity contribution < 1.29 is 9.59 Å². The summed E-state index contributed by atoms with van der Waals surface area (Å²) < 4.78 is 0. The van der Waals surface area contributed by atoms with E-state index < -0.39 is 5.41 Å². The number of nitrogens with one attached hydrogen (secondary N) is 2. The molecule has 0 aromatic carbocycles. The first-order valence-corrected chi connectivity index (χ1v) is 13.4. The van der Waals surface area contributed by atoms with Gasteiger partial charge in [0.15, 0.2) is 5.13 Å². The lowest BCUT2D eigenvalue weighted by Crippen LogP contribution is -2.40. The van der Waals surface area contributed by atoms with E-state index in [-0.39, 0.29) is 23.2 Å². The Hall–Kier alpha value is -3.38. The van der Waals surface area contributed by atoms with E-state index in [1.807, 2.05) is 10.3 Å². The van der Waals surface area contributed by atoms with Gasteiger partial charge < -0.3 is 15.5 Å². The largest absolute Gasteiger partial charge is 0.368 e. The van der Waals surface area contributed by atoms with Crippen LogP contribution in [0.4, 0.5) is 11.1 Å². The number of aromatic amines is 1. The number of aromatic nitrogens is 5. The van der Waals surface area contributed by atoms with Gasteiger partial charge in [0.2, 0.25) is 11.9 Å². The lowest BCUT2D eigenvalue weighted by Gasteiger charge is -2.30. The van der Waals surface area contributed by atoms with Gasteiger partial charge in [-0.1, -0.05) is 13.8 Å². The van der Waals surface area contributed by atoms with Crippen molar-refractivity contribution in [3.8, 4) is 11.4 Å². The molecule has 3 aromatic rings. The van der Waals surface area contributed by atoms with Crippen molar-refractivity contribution in [2.24, 2.45) is 0 Å². The molecule has 4 N–H and O–H groups in total. The molecule has 1 saturated heterocycles. The van der Waals surface area contributed by atoms with Gasteiger partial charge in [-0.25, -0.2) is 15.0 Å². The highest BCUT2D eigenvalue weighted by atomic mass is 32.1. The first kappa shape index (κ1) is 24.0. The smallest absolute Gasteiger partial charge is 0.275 e. The van der Waals surface area contributed by atoms with Crippen molar-refractivity contribution in [3.63, 3.8) is 0 Å². The molecule has 0 spiro atoms. The average Bonchev–Trinajstić information content (AvgIpc) is 3.24. The second-order valence-electron chi connectivity index (χ2n) is 11.2. The third kappa shape index (κ3) is 3.89. The van der Waals surface area contributed by atoms with Crippen molar-refractivity contribution in [1.29, 1.82) is 0 Å². The third-order valence-electron chi connectivity index (χ3n) is 7.97. The summed E-state index contributed by atoms with van der Waals surface area (Å²) in [6.45, 7) is 5.67. The number of rotatable bonds is 5. The fourth-order valence-electron chi connectivity index (χ4n) is 5.72. The number of nitrogen functional groups attached to an aromatic ring is 1. The zero-order valence-corrected chi connectivity index (χ0v) is 22.3. The Bertz CT molecular complexity index is 1400. The number of carbonyl (C=O) groups excluding carboxylic acids is 2. The number of thiazole rings is 1. The number of hydrogen-bond donors (Lipinski definition) is 3. The van der Waals surface area contributed by atoms with Gasteiger partial charge in [0.05, 0.1) is 16.8 Å². The van der Waals surface area contributed by atoms with Crippen LogP contribution in [-0.4, -0.2) is 80.0 Å². The maximum atomic E-state index is 13.4. The van der Waals surface area contributed by atoms with Crippen molar-refractivity contribution in [3.05, 3.63) is 34.1 Å². The van der Waals surface area contributed by atoms with E-state index in [0.29, 0.717) is 34.7 Å². The van der Waals surface area contributed by atoms with Crippen molar-refractivity contribution in [2.75, 3.05) is 38.2 Å². The lowest BCUT2D eigenvalue weighted by atomic mass is 9.73.